The number of amides is 1. The Morgan fingerprint density at radius 1 is 1.10 bits per heavy atom. The van der Waals surface area contributed by atoms with Crippen molar-refractivity contribution in [3.05, 3.63) is 46.9 Å². The minimum absolute atomic E-state index is 0.0664. The van der Waals surface area contributed by atoms with Crippen LogP contribution in [0.1, 0.15) is 67.5 Å². The Balaban J connectivity index is 1.31. The molecule has 1 amide bonds. The molecule has 166 valence electrons. The number of pyridine rings is 1. The maximum atomic E-state index is 13.5. The molecule has 2 aromatic heterocycles. The molecule has 3 atom stereocenters. The number of imidazole rings is 1. The van der Waals surface area contributed by atoms with Crippen LogP contribution < -0.4 is 5.32 Å². The van der Waals surface area contributed by atoms with Gasteiger partial charge < -0.3 is 14.6 Å². The molecule has 0 radical (unpaired) electrons. The fourth-order valence-corrected chi connectivity index (χ4v) is 5.89. The van der Waals surface area contributed by atoms with E-state index in [4.69, 9.17) is 16.6 Å². The van der Waals surface area contributed by atoms with Gasteiger partial charge in [0.25, 0.3) is 5.91 Å². The predicted octanol–water partition coefficient (Wildman–Crippen LogP) is 5.09. The number of halogens is 1. The molecule has 1 aliphatic heterocycles. The Kier molecular flexibility index (Phi) is 6.33. The SMILES string of the molecule is O=C(c1nc2ccc(Cl)cn2c1CNCC[C@@H]1C[C@@H]2C=C[C@@H]1C2)N1CCCCCCC1. The van der Waals surface area contributed by atoms with Crippen molar-refractivity contribution in [3.8, 4) is 0 Å². The van der Waals surface area contributed by atoms with Crippen LogP contribution in [0.4, 0.5) is 0 Å². The second-order valence-electron chi connectivity index (χ2n) is 9.55. The van der Waals surface area contributed by atoms with Crippen molar-refractivity contribution in [1.82, 2.24) is 19.6 Å². The lowest BCUT2D eigenvalue weighted by Crippen LogP contribution is -2.35. The number of carbonyl (C=O) groups is 1. The molecule has 2 bridgehead atoms. The van der Waals surface area contributed by atoms with E-state index in [1.54, 1.807) is 0 Å². The fourth-order valence-electron chi connectivity index (χ4n) is 5.73. The van der Waals surface area contributed by atoms with Gasteiger partial charge in [-0.15, -0.1) is 0 Å². The van der Waals surface area contributed by atoms with Gasteiger partial charge in [-0.3, -0.25) is 4.79 Å². The third kappa shape index (κ3) is 4.54. The van der Waals surface area contributed by atoms with E-state index in [0.29, 0.717) is 17.3 Å². The van der Waals surface area contributed by atoms with E-state index >= 15 is 0 Å². The van der Waals surface area contributed by atoms with Crippen LogP contribution in [0.15, 0.2) is 30.5 Å². The smallest absolute Gasteiger partial charge is 0.274 e. The van der Waals surface area contributed by atoms with Crippen molar-refractivity contribution in [2.45, 2.75) is 57.9 Å². The first-order valence-electron chi connectivity index (χ1n) is 12.0. The van der Waals surface area contributed by atoms with E-state index < -0.39 is 0 Å². The Bertz CT molecular complexity index is 960. The van der Waals surface area contributed by atoms with Crippen molar-refractivity contribution in [1.29, 1.82) is 0 Å². The summed E-state index contributed by atoms with van der Waals surface area (Å²) >= 11 is 6.28. The summed E-state index contributed by atoms with van der Waals surface area (Å²) < 4.78 is 1.99. The van der Waals surface area contributed by atoms with Crippen molar-refractivity contribution >= 4 is 23.2 Å². The topological polar surface area (TPSA) is 49.6 Å². The Labute approximate surface area is 189 Å². The zero-order valence-electron chi connectivity index (χ0n) is 18.2. The van der Waals surface area contributed by atoms with E-state index in [9.17, 15) is 4.79 Å². The second kappa shape index (κ2) is 9.33. The lowest BCUT2D eigenvalue weighted by atomic mass is 9.91. The molecule has 2 aromatic rings. The number of nitrogens with one attached hydrogen (secondary N) is 1. The minimum atomic E-state index is 0.0664. The lowest BCUT2D eigenvalue weighted by Gasteiger charge is -2.24. The molecule has 6 heteroatoms. The summed E-state index contributed by atoms with van der Waals surface area (Å²) in [4.78, 5) is 20.2. The maximum absolute atomic E-state index is 13.5. The monoisotopic (exact) mass is 440 g/mol. The first kappa shape index (κ1) is 21.0. The molecular formula is C25H33ClN4O. The number of allylic oxidation sites excluding steroid dienone is 2. The molecule has 0 spiro atoms. The van der Waals surface area contributed by atoms with Gasteiger partial charge in [0.15, 0.2) is 5.69 Å². The van der Waals surface area contributed by atoms with Crippen LogP contribution in [0.5, 0.6) is 0 Å². The first-order valence-corrected chi connectivity index (χ1v) is 12.4. The number of fused-ring (bicyclic) bond motifs is 3. The van der Waals surface area contributed by atoms with E-state index in [0.717, 1.165) is 61.6 Å². The number of nitrogens with zero attached hydrogens (tertiary/aromatic N) is 3. The molecule has 3 aliphatic rings. The van der Waals surface area contributed by atoms with Crippen molar-refractivity contribution in [2.75, 3.05) is 19.6 Å². The summed E-state index contributed by atoms with van der Waals surface area (Å²) in [6.07, 6.45) is 16.4. The van der Waals surface area contributed by atoms with Gasteiger partial charge in [-0.25, -0.2) is 4.98 Å². The van der Waals surface area contributed by atoms with Crippen LogP contribution in [0.3, 0.4) is 0 Å². The summed E-state index contributed by atoms with van der Waals surface area (Å²) in [7, 11) is 0. The summed E-state index contributed by atoms with van der Waals surface area (Å²) in [6, 6.07) is 3.74. The average Bonchev–Trinajstić information content (AvgIpc) is 3.45. The molecule has 0 aromatic carbocycles. The Morgan fingerprint density at radius 2 is 1.90 bits per heavy atom. The minimum Gasteiger partial charge on any atom is -0.337 e. The van der Waals surface area contributed by atoms with Crippen molar-refractivity contribution < 1.29 is 4.79 Å². The van der Waals surface area contributed by atoms with Gasteiger partial charge >= 0.3 is 0 Å². The second-order valence-corrected chi connectivity index (χ2v) is 9.98. The molecule has 31 heavy (non-hydrogen) atoms. The highest BCUT2D eigenvalue weighted by molar-refractivity contribution is 6.30. The molecule has 5 rings (SSSR count). The average molecular weight is 441 g/mol. The number of rotatable bonds is 6. The highest BCUT2D eigenvalue weighted by Crippen LogP contribution is 2.44. The largest absolute Gasteiger partial charge is 0.337 e. The van der Waals surface area contributed by atoms with Gasteiger partial charge in [0.2, 0.25) is 0 Å². The van der Waals surface area contributed by atoms with Crippen LogP contribution in [0.2, 0.25) is 5.02 Å². The Morgan fingerprint density at radius 3 is 2.65 bits per heavy atom. The number of hydrogen-bond acceptors (Lipinski definition) is 3. The Hall–Kier alpha value is -1.85. The molecule has 1 N–H and O–H groups in total. The number of aromatic nitrogens is 2. The van der Waals surface area contributed by atoms with Crippen molar-refractivity contribution in [3.63, 3.8) is 0 Å². The maximum Gasteiger partial charge on any atom is 0.274 e. The third-order valence-corrected chi connectivity index (χ3v) is 7.65. The molecule has 2 fully saturated rings. The van der Waals surface area contributed by atoms with Crippen LogP contribution in [-0.4, -0.2) is 39.8 Å². The normalized spacial score (nSPS) is 25.8. The summed E-state index contributed by atoms with van der Waals surface area (Å²) in [5.41, 5.74) is 2.30. The molecule has 3 heterocycles. The summed E-state index contributed by atoms with van der Waals surface area (Å²) in [6.45, 7) is 3.26. The van der Waals surface area contributed by atoms with Gasteiger partial charge in [-0.1, -0.05) is 43.0 Å². The molecule has 0 unspecified atom stereocenters. The number of hydrogen-bond donors (Lipinski definition) is 1. The van der Waals surface area contributed by atoms with Crippen LogP contribution in [0, 0.1) is 17.8 Å². The number of carbonyl (C=O) groups excluding carboxylic acids is 1. The highest BCUT2D eigenvalue weighted by Gasteiger charge is 2.34. The fraction of sp³-hybridized carbons (Fsp3) is 0.600. The highest BCUT2D eigenvalue weighted by atomic mass is 35.5. The molecule has 2 aliphatic carbocycles. The zero-order valence-corrected chi connectivity index (χ0v) is 19.0. The van der Waals surface area contributed by atoms with Gasteiger partial charge in [0, 0.05) is 25.8 Å². The van der Waals surface area contributed by atoms with Crippen molar-refractivity contribution in [2.24, 2.45) is 17.8 Å². The van der Waals surface area contributed by atoms with E-state index in [2.05, 4.69) is 17.5 Å². The zero-order chi connectivity index (χ0) is 21.2. The van der Waals surface area contributed by atoms with Gasteiger partial charge in [0.1, 0.15) is 5.65 Å². The predicted molar refractivity (Wildman–Crippen MR) is 124 cm³/mol. The summed E-state index contributed by atoms with van der Waals surface area (Å²) in [5, 5.41) is 4.27. The van der Waals surface area contributed by atoms with Gasteiger partial charge in [-0.2, -0.15) is 0 Å². The molecule has 5 nitrogen and oxygen atoms in total. The van der Waals surface area contributed by atoms with Crippen LogP contribution >= 0.6 is 11.6 Å². The molecule has 1 saturated carbocycles. The van der Waals surface area contributed by atoms with Gasteiger partial charge in [0.05, 0.1) is 10.7 Å². The van der Waals surface area contributed by atoms with E-state index in [1.165, 1.54) is 38.5 Å². The van der Waals surface area contributed by atoms with Crippen LogP contribution in [-0.2, 0) is 6.54 Å². The quantitative estimate of drug-likeness (QED) is 0.503. The lowest BCUT2D eigenvalue weighted by molar-refractivity contribution is 0.0735. The third-order valence-electron chi connectivity index (χ3n) is 7.43. The first-order chi connectivity index (χ1) is 15.2. The van der Waals surface area contributed by atoms with E-state index in [1.807, 2.05) is 27.6 Å². The molecule has 1 saturated heterocycles. The molecular weight excluding hydrogens is 408 g/mol. The summed E-state index contributed by atoms with van der Waals surface area (Å²) in [5.74, 6) is 2.47. The number of likely N-dealkylation sites (tertiary alicyclic amines) is 1. The standard InChI is InChI=1S/C25H33ClN4O/c26-21-8-9-23-28-24(25(31)29-12-4-2-1-3-5-13-29)22(30(23)17-21)16-27-11-10-20-15-18-6-7-19(20)14-18/h6-9,17-20,27H,1-5,10-16H2/t18-,19-,20-/m1/s1. The van der Waals surface area contributed by atoms with E-state index in [-0.39, 0.29) is 5.91 Å². The van der Waals surface area contributed by atoms with Crippen LogP contribution in [0.25, 0.3) is 5.65 Å². The van der Waals surface area contributed by atoms with Gasteiger partial charge in [-0.05, 0) is 68.5 Å².